The van der Waals surface area contributed by atoms with Gasteiger partial charge >= 0.3 is 0 Å². The average Bonchev–Trinajstić information content (AvgIpc) is 2.53. The van der Waals surface area contributed by atoms with Crippen LogP contribution in [-0.2, 0) is 0 Å². The molecule has 2 aromatic carbocycles. The standard InChI is InChI=1S/C18H22FNS/c1-4-18(16-7-5-6-8-17(16)19)20-13(2)14-9-11-15(21-3)12-10-14/h5-13,18,20H,4H2,1-3H3. The van der Waals surface area contributed by atoms with Crippen LogP contribution in [0, 0.1) is 5.82 Å². The lowest BCUT2D eigenvalue weighted by atomic mass is 10.0. The molecule has 0 saturated heterocycles. The molecule has 0 aromatic heterocycles. The molecule has 2 unspecified atom stereocenters. The highest BCUT2D eigenvalue weighted by molar-refractivity contribution is 7.98. The maximum absolute atomic E-state index is 13.9. The SMILES string of the molecule is CCC(NC(C)c1ccc(SC)cc1)c1ccccc1F. The molecule has 21 heavy (non-hydrogen) atoms. The first kappa shape index (κ1) is 16.1. The van der Waals surface area contributed by atoms with Crippen molar-refractivity contribution in [2.75, 3.05) is 6.26 Å². The summed E-state index contributed by atoms with van der Waals surface area (Å²) in [6.07, 6.45) is 2.93. The maximum Gasteiger partial charge on any atom is 0.127 e. The van der Waals surface area contributed by atoms with Crippen LogP contribution in [0.5, 0.6) is 0 Å². The van der Waals surface area contributed by atoms with Crippen molar-refractivity contribution in [1.82, 2.24) is 5.32 Å². The molecular formula is C18H22FNS. The molecule has 2 aromatic rings. The lowest BCUT2D eigenvalue weighted by Crippen LogP contribution is -2.25. The fourth-order valence-corrected chi connectivity index (χ4v) is 2.88. The van der Waals surface area contributed by atoms with Crippen molar-refractivity contribution >= 4 is 11.8 Å². The molecule has 0 spiro atoms. The summed E-state index contributed by atoms with van der Waals surface area (Å²) in [6.45, 7) is 4.20. The zero-order valence-corrected chi connectivity index (χ0v) is 13.6. The first-order valence-corrected chi connectivity index (χ1v) is 8.52. The number of rotatable bonds is 6. The zero-order valence-electron chi connectivity index (χ0n) is 12.8. The maximum atomic E-state index is 13.9. The molecule has 0 fully saturated rings. The van der Waals surface area contributed by atoms with E-state index in [2.05, 4.69) is 49.7 Å². The monoisotopic (exact) mass is 303 g/mol. The predicted octanol–water partition coefficient (Wildman–Crippen LogP) is 5.35. The minimum absolute atomic E-state index is 0.0291. The number of hydrogen-bond acceptors (Lipinski definition) is 2. The van der Waals surface area contributed by atoms with Crippen molar-refractivity contribution in [3.63, 3.8) is 0 Å². The Morgan fingerprint density at radius 3 is 2.33 bits per heavy atom. The van der Waals surface area contributed by atoms with Crippen molar-refractivity contribution < 1.29 is 4.39 Å². The lowest BCUT2D eigenvalue weighted by Gasteiger charge is -2.23. The molecule has 0 heterocycles. The summed E-state index contributed by atoms with van der Waals surface area (Å²) in [5.41, 5.74) is 1.97. The molecule has 0 aliphatic carbocycles. The van der Waals surface area contributed by atoms with Gasteiger partial charge in [0.15, 0.2) is 0 Å². The lowest BCUT2D eigenvalue weighted by molar-refractivity contribution is 0.439. The smallest absolute Gasteiger partial charge is 0.127 e. The van der Waals surface area contributed by atoms with Crippen LogP contribution in [0.3, 0.4) is 0 Å². The molecule has 2 rings (SSSR count). The molecule has 2 atom stereocenters. The van der Waals surface area contributed by atoms with Crippen LogP contribution in [0.25, 0.3) is 0 Å². The third-order valence-corrected chi connectivity index (χ3v) is 4.50. The van der Waals surface area contributed by atoms with Crippen molar-refractivity contribution in [3.05, 3.63) is 65.5 Å². The van der Waals surface area contributed by atoms with Crippen LogP contribution in [0.15, 0.2) is 53.4 Å². The average molecular weight is 303 g/mol. The fraction of sp³-hybridized carbons (Fsp3) is 0.333. The van der Waals surface area contributed by atoms with E-state index in [1.165, 1.54) is 16.5 Å². The van der Waals surface area contributed by atoms with E-state index in [0.29, 0.717) is 0 Å². The summed E-state index contributed by atoms with van der Waals surface area (Å²) in [5, 5.41) is 3.53. The topological polar surface area (TPSA) is 12.0 Å². The number of thioether (sulfide) groups is 1. The van der Waals surface area contributed by atoms with Crippen LogP contribution in [0.1, 0.15) is 43.5 Å². The number of halogens is 1. The highest BCUT2D eigenvalue weighted by atomic mass is 32.2. The number of nitrogens with one attached hydrogen (secondary N) is 1. The van der Waals surface area contributed by atoms with Gasteiger partial charge in [0.1, 0.15) is 5.82 Å². The van der Waals surface area contributed by atoms with Gasteiger partial charge in [-0.15, -0.1) is 11.8 Å². The van der Waals surface area contributed by atoms with Gasteiger partial charge in [0.2, 0.25) is 0 Å². The van der Waals surface area contributed by atoms with E-state index in [0.717, 1.165) is 12.0 Å². The molecule has 112 valence electrons. The Bertz CT molecular complexity index is 568. The van der Waals surface area contributed by atoms with Gasteiger partial charge in [-0.25, -0.2) is 4.39 Å². The van der Waals surface area contributed by atoms with Crippen LogP contribution < -0.4 is 5.32 Å². The summed E-state index contributed by atoms with van der Waals surface area (Å²) in [5.74, 6) is -0.137. The molecule has 0 radical (unpaired) electrons. The molecule has 0 saturated carbocycles. The Kier molecular flexibility index (Phi) is 5.83. The third kappa shape index (κ3) is 4.08. The molecule has 3 heteroatoms. The van der Waals surface area contributed by atoms with E-state index in [1.54, 1.807) is 17.8 Å². The molecule has 1 nitrogen and oxygen atoms in total. The Morgan fingerprint density at radius 2 is 1.76 bits per heavy atom. The van der Waals surface area contributed by atoms with Crippen molar-refractivity contribution in [3.8, 4) is 0 Å². The highest BCUT2D eigenvalue weighted by Gasteiger charge is 2.16. The minimum atomic E-state index is -0.137. The highest BCUT2D eigenvalue weighted by Crippen LogP contribution is 2.25. The van der Waals surface area contributed by atoms with Gasteiger partial charge in [-0.3, -0.25) is 0 Å². The zero-order chi connectivity index (χ0) is 15.2. The fourth-order valence-electron chi connectivity index (χ4n) is 2.48. The largest absolute Gasteiger partial charge is 0.303 e. The number of benzene rings is 2. The van der Waals surface area contributed by atoms with Gasteiger partial charge in [0.05, 0.1) is 0 Å². The first-order chi connectivity index (χ1) is 10.2. The van der Waals surface area contributed by atoms with Gasteiger partial charge in [-0.1, -0.05) is 37.3 Å². The Labute approximate surface area is 131 Å². The molecule has 1 N–H and O–H groups in total. The second-order valence-corrected chi connectivity index (χ2v) is 6.02. The summed E-state index contributed by atoms with van der Waals surface area (Å²) in [7, 11) is 0. The van der Waals surface area contributed by atoms with Crippen molar-refractivity contribution in [1.29, 1.82) is 0 Å². The molecule has 0 aliphatic heterocycles. The van der Waals surface area contributed by atoms with E-state index < -0.39 is 0 Å². The van der Waals surface area contributed by atoms with E-state index in [9.17, 15) is 4.39 Å². The van der Waals surface area contributed by atoms with Crippen LogP contribution in [-0.4, -0.2) is 6.26 Å². The van der Waals surface area contributed by atoms with Crippen LogP contribution in [0.2, 0.25) is 0 Å². The van der Waals surface area contributed by atoms with Crippen LogP contribution >= 0.6 is 11.8 Å². The normalized spacial score (nSPS) is 13.9. The Morgan fingerprint density at radius 1 is 1.10 bits per heavy atom. The third-order valence-electron chi connectivity index (χ3n) is 3.76. The summed E-state index contributed by atoms with van der Waals surface area (Å²) in [4.78, 5) is 1.26. The Hall–Kier alpha value is -1.32. The van der Waals surface area contributed by atoms with E-state index >= 15 is 0 Å². The van der Waals surface area contributed by atoms with Gasteiger partial charge in [0, 0.05) is 22.5 Å². The van der Waals surface area contributed by atoms with E-state index in [4.69, 9.17) is 0 Å². The predicted molar refractivity (Wildman–Crippen MR) is 89.2 cm³/mol. The molecule has 0 amide bonds. The van der Waals surface area contributed by atoms with Gasteiger partial charge in [0.25, 0.3) is 0 Å². The van der Waals surface area contributed by atoms with Gasteiger partial charge in [-0.05, 0) is 43.4 Å². The minimum Gasteiger partial charge on any atom is -0.303 e. The van der Waals surface area contributed by atoms with Crippen LogP contribution in [0.4, 0.5) is 4.39 Å². The van der Waals surface area contributed by atoms with E-state index in [1.807, 2.05) is 12.1 Å². The summed E-state index contributed by atoms with van der Waals surface area (Å²) >= 11 is 1.74. The van der Waals surface area contributed by atoms with E-state index in [-0.39, 0.29) is 17.9 Å². The van der Waals surface area contributed by atoms with Gasteiger partial charge in [-0.2, -0.15) is 0 Å². The Balaban J connectivity index is 2.12. The second kappa shape index (κ2) is 7.62. The van der Waals surface area contributed by atoms with Gasteiger partial charge < -0.3 is 5.32 Å². The first-order valence-electron chi connectivity index (χ1n) is 7.30. The second-order valence-electron chi connectivity index (χ2n) is 5.14. The van der Waals surface area contributed by atoms with Crippen molar-refractivity contribution in [2.45, 2.75) is 37.2 Å². The molecular weight excluding hydrogens is 281 g/mol. The summed E-state index contributed by atoms with van der Waals surface area (Å²) < 4.78 is 13.9. The quantitative estimate of drug-likeness (QED) is 0.722. The summed E-state index contributed by atoms with van der Waals surface area (Å²) in [6, 6.07) is 15.8. The molecule has 0 bridgehead atoms. The number of hydrogen-bond donors (Lipinski definition) is 1. The van der Waals surface area contributed by atoms with Crippen molar-refractivity contribution in [2.24, 2.45) is 0 Å². The molecule has 0 aliphatic rings.